The van der Waals surface area contributed by atoms with Crippen LogP contribution in [0, 0.1) is 5.41 Å². The van der Waals surface area contributed by atoms with E-state index >= 15 is 0 Å². The van der Waals surface area contributed by atoms with E-state index in [2.05, 4.69) is 6.92 Å². The Morgan fingerprint density at radius 3 is 1.60 bits per heavy atom. The number of ether oxygens (including phenoxy) is 1. The van der Waals surface area contributed by atoms with Gasteiger partial charge in [0.05, 0.1) is 13.2 Å². The van der Waals surface area contributed by atoms with Crippen molar-refractivity contribution in [3.8, 4) is 0 Å². The third kappa shape index (κ3) is 13.3. The summed E-state index contributed by atoms with van der Waals surface area (Å²) < 4.78 is 5.38. The topological polar surface area (TPSA) is 46.5 Å². The van der Waals surface area contributed by atoms with Gasteiger partial charge in [0.2, 0.25) is 0 Å². The Labute approximate surface area is 156 Å². The molecule has 3 heteroatoms. The molecule has 0 aromatic carbocycles. The van der Waals surface area contributed by atoms with Gasteiger partial charge in [-0.2, -0.15) is 0 Å². The van der Waals surface area contributed by atoms with Gasteiger partial charge in [-0.25, -0.2) is 0 Å². The smallest absolute Gasteiger partial charge is 0.305 e. The van der Waals surface area contributed by atoms with Gasteiger partial charge in [0.25, 0.3) is 0 Å². The zero-order valence-electron chi connectivity index (χ0n) is 17.3. The van der Waals surface area contributed by atoms with Crippen molar-refractivity contribution in [1.82, 2.24) is 0 Å². The number of rotatable bonds is 18. The lowest BCUT2D eigenvalue weighted by molar-refractivity contribution is -0.148. The van der Waals surface area contributed by atoms with Crippen molar-refractivity contribution in [1.29, 1.82) is 0 Å². The first-order chi connectivity index (χ1) is 12.1. The zero-order chi connectivity index (χ0) is 18.8. The molecule has 25 heavy (non-hydrogen) atoms. The lowest BCUT2D eigenvalue weighted by atomic mass is 9.84. The van der Waals surface area contributed by atoms with Crippen LogP contribution in [-0.4, -0.2) is 24.3 Å². The molecule has 0 saturated carbocycles. The van der Waals surface area contributed by atoms with Crippen molar-refractivity contribution in [2.24, 2.45) is 5.41 Å². The fourth-order valence-electron chi connectivity index (χ4n) is 3.14. The van der Waals surface area contributed by atoms with Gasteiger partial charge >= 0.3 is 5.97 Å². The lowest BCUT2D eigenvalue weighted by Crippen LogP contribution is -2.31. The normalized spacial score (nSPS) is 11.7. The van der Waals surface area contributed by atoms with Crippen LogP contribution < -0.4 is 0 Å². The Kier molecular flexibility index (Phi) is 16.5. The molecule has 0 unspecified atom stereocenters. The van der Waals surface area contributed by atoms with Gasteiger partial charge in [-0.3, -0.25) is 4.79 Å². The van der Waals surface area contributed by atoms with Crippen LogP contribution in [0.15, 0.2) is 0 Å². The van der Waals surface area contributed by atoms with E-state index in [1.807, 2.05) is 13.8 Å². The quantitative estimate of drug-likeness (QED) is 0.228. The van der Waals surface area contributed by atoms with Gasteiger partial charge in [-0.05, 0) is 19.3 Å². The van der Waals surface area contributed by atoms with E-state index in [1.165, 1.54) is 64.2 Å². The second-order valence-corrected chi connectivity index (χ2v) is 7.66. The molecule has 3 nitrogen and oxygen atoms in total. The van der Waals surface area contributed by atoms with E-state index in [9.17, 15) is 9.90 Å². The molecule has 1 N–H and O–H groups in total. The summed E-state index contributed by atoms with van der Waals surface area (Å²) in [6.45, 7) is 6.79. The van der Waals surface area contributed by atoms with Crippen molar-refractivity contribution < 1.29 is 14.6 Å². The molecule has 0 atom stereocenters. The molecule has 0 amide bonds. The van der Waals surface area contributed by atoms with Gasteiger partial charge in [-0.1, -0.05) is 91.4 Å². The first-order valence-electron chi connectivity index (χ1n) is 10.9. The van der Waals surface area contributed by atoms with E-state index in [4.69, 9.17) is 4.74 Å². The summed E-state index contributed by atoms with van der Waals surface area (Å²) in [5.41, 5.74) is -0.244. The van der Waals surface area contributed by atoms with Crippen LogP contribution in [-0.2, 0) is 9.53 Å². The minimum atomic E-state index is -0.244. The zero-order valence-corrected chi connectivity index (χ0v) is 17.3. The second-order valence-electron chi connectivity index (χ2n) is 7.66. The van der Waals surface area contributed by atoms with E-state index in [-0.39, 0.29) is 18.0 Å². The molecule has 0 radical (unpaired) electrons. The van der Waals surface area contributed by atoms with Crippen molar-refractivity contribution in [3.63, 3.8) is 0 Å². The third-order valence-corrected chi connectivity index (χ3v) is 5.61. The molecule has 0 spiro atoms. The number of hydrogen-bond donors (Lipinski definition) is 1. The number of aliphatic hydroxyl groups excluding tert-OH is 1. The first kappa shape index (κ1) is 24.4. The summed E-state index contributed by atoms with van der Waals surface area (Å²) in [5.74, 6) is -0.105. The van der Waals surface area contributed by atoms with Crippen molar-refractivity contribution in [2.75, 3.05) is 13.2 Å². The molecule has 0 aliphatic heterocycles. The molecule has 0 heterocycles. The molecule has 0 aromatic heterocycles. The fraction of sp³-hybridized carbons (Fsp3) is 0.955. The highest BCUT2D eigenvalue weighted by Gasteiger charge is 2.27. The average molecular weight is 357 g/mol. The molecule has 0 bridgehead atoms. The molecule has 0 saturated heterocycles. The highest BCUT2D eigenvalue weighted by Crippen LogP contribution is 2.26. The maximum absolute atomic E-state index is 11.8. The lowest BCUT2D eigenvalue weighted by Gasteiger charge is -2.28. The van der Waals surface area contributed by atoms with Gasteiger partial charge in [0.1, 0.15) is 0 Å². The summed E-state index contributed by atoms with van der Waals surface area (Å²) in [6.07, 6.45) is 17.8. The number of carbonyl (C=O) groups excluding carboxylic acids is 1. The highest BCUT2D eigenvalue weighted by atomic mass is 16.5. The summed E-state index contributed by atoms with van der Waals surface area (Å²) in [7, 11) is 0. The second kappa shape index (κ2) is 16.9. The van der Waals surface area contributed by atoms with Gasteiger partial charge < -0.3 is 9.84 Å². The van der Waals surface area contributed by atoms with Crippen LogP contribution in [0.2, 0.25) is 0 Å². The van der Waals surface area contributed by atoms with Crippen molar-refractivity contribution in [3.05, 3.63) is 0 Å². The molecule has 0 fully saturated rings. The molecule has 0 aliphatic rings. The van der Waals surface area contributed by atoms with Gasteiger partial charge in [0.15, 0.2) is 0 Å². The highest BCUT2D eigenvalue weighted by molar-refractivity contribution is 5.69. The number of aliphatic hydroxyl groups is 1. The number of carbonyl (C=O) groups is 1. The van der Waals surface area contributed by atoms with Crippen molar-refractivity contribution in [2.45, 2.75) is 117 Å². The van der Waals surface area contributed by atoms with E-state index in [0.29, 0.717) is 13.0 Å². The number of hydrogen-bond acceptors (Lipinski definition) is 3. The van der Waals surface area contributed by atoms with E-state index in [0.717, 1.165) is 25.7 Å². The summed E-state index contributed by atoms with van der Waals surface area (Å²) in [5, 5.41) is 9.49. The minimum Gasteiger partial charge on any atom is -0.465 e. The van der Waals surface area contributed by atoms with Crippen LogP contribution in [0.5, 0.6) is 0 Å². The monoisotopic (exact) mass is 356 g/mol. The van der Waals surface area contributed by atoms with Crippen LogP contribution in [0.1, 0.15) is 117 Å². The molecule has 0 aliphatic carbocycles. The predicted octanol–water partition coefficient (Wildman–Crippen LogP) is 6.42. The van der Waals surface area contributed by atoms with E-state index in [1.54, 1.807) is 0 Å². The molecule has 0 rings (SSSR count). The summed E-state index contributed by atoms with van der Waals surface area (Å²) in [4.78, 5) is 11.8. The fourth-order valence-corrected chi connectivity index (χ4v) is 3.14. The average Bonchev–Trinajstić information content (AvgIpc) is 2.64. The minimum absolute atomic E-state index is 0.0892. The predicted molar refractivity (Wildman–Crippen MR) is 107 cm³/mol. The van der Waals surface area contributed by atoms with Crippen molar-refractivity contribution >= 4 is 5.97 Å². The van der Waals surface area contributed by atoms with Crippen LogP contribution in [0.4, 0.5) is 0 Å². The number of esters is 1. The SMILES string of the molecule is CCCCCCCCCCCCCCC(=O)OCC(CC)(CC)CO. The Morgan fingerprint density at radius 1 is 0.760 bits per heavy atom. The summed E-state index contributed by atoms with van der Waals surface area (Å²) in [6, 6.07) is 0. The van der Waals surface area contributed by atoms with E-state index < -0.39 is 0 Å². The molecule has 0 aromatic rings. The van der Waals surface area contributed by atoms with Gasteiger partial charge in [-0.15, -0.1) is 0 Å². The standard InChI is InChI=1S/C22H44O3/c1-4-7-8-9-10-11-12-13-14-15-16-17-18-21(24)25-20-22(5-2,6-3)19-23/h23H,4-20H2,1-3H3. The number of unbranched alkanes of at least 4 members (excludes halogenated alkanes) is 11. The maximum atomic E-state index is 11.8. The van der Waals surface area contributed by atoms with Crippen LogP contribution in [0.25, 0.3) is 0 Å². The molecular weight excluding hydrogens is 312 g/mol. The Bertz CT molecular complexity index is 289. The maximum Gasteiger partial charge on any atom is 0.305 e. The summed E-state index contributed by atoms with van der Waals surface area (Å²) >= 11 is 0. The Balaban J connectivity index is 3.43. The molecular formula is C22H44O3. The first-order valence-corrected chi connectivity index (χ1v) is 10.9. The van der Waals surface area contributed by atoms with Crippen LogP contribution in [0.3, 0.4) is 0 Å². The third-order valence-electron chi connectivity index (χ3n) is 5.61. The van der Waals surface area contributed by atoms with Gasteiger partial charge in [0, 0.05) is 11.8 Å². The Hall–Kier alpha value is -0.570. The Morgan fingerprint density at radius 2 is 1.20 bits per heavy atom. The van der Waals surface area contributed by atoms with Crippen LogP contribution >= 0.6 is 0 Å². The molecule has 150 valence electrons. The largest absolute Gasteiger partial charge is 0.465 e.